The molecule has 1 saturated heterocycles. The second-order valence-electron chi connectivity index (χ2n) is 5.29. The number of hydrogen-bond acceptors (Lipinski definition) is 5. The SMILES string of the molecule is CCc1ccc(S(=O)(=O)NCC(=O)N2CCN(C(C)=O)CC2)s1. The van der Waals surface area contributed by atoms with E-state index in [2.05, 4.69) is 4.72 Å². The molecule has 0 aliphatic carbocycles. The summed E-state index contributed by atoms with van der Waals surface area (Å²) in [6, 6.07) is 3.34. The van der Waals surface area contributed by atoms with Crippen LogP contribution < -0.4 is 4.72 Å². The minimum Gasteiger partial charge on any atom is -0.339 e. The van der Waals surface area contributed by atoms with Crippen molar-refractivity contribution in [1.29, 1.82) is 0 Å². The van der Waals surface area contributed by atoms with Gasteiger partial charge in [-0.1, -0.05) is 6.92 Å². The van der Waals surface area contributed by atoms with Crippen LogP contribution in [0.2, 0.25) is 0 Å². The topological polar surface area (TPSA) is 86.8 Å². The monoisotopic (exact) mass is 359 g/mol. The van der Waals surface area contributed by atoms with E-state index in [0.29, 0.717) is 26.2 Å². The molecule has 1 fully saturated rings. The normalized spacial score (nSPS) is 15.7. The zero-order chi connectivity index (χ0) is 17.0. The van der Waals surface area contributed by atoms with E-state index >= 15 is 0 Å². The highest BCUT2D eigenvalue weighted by Crippen LogP contribution is 2.21. The Morgan fingerprint density at radius 1 is 1.17 bits per heavy atom. The highest BCUT2D eigenvalue weighted by molar-refractivity contribution is 7.91. The fraction of sp³-hybridized carbons (Fsp3) is 0.571. The number of piperazine rings is 1. The van der Waals surface area contributed by atoms with Gasteiger partial charge in [-0.25, -0.2) is 13.1 Å². The van der Waals surface area contributed by atoms with Gasteiger partial charge in [0.15, 0.2) is 0 Å². The molecule has 2 amide bonds. The lowest BCUT2D eigenvalue weighted by molar-refractivity contribution is -0.137. The number of nitrogens with one attached hydrogen (secondary N) is 1. The van der Waals surface area contributed by atoms with Crippen molar-refractivity contribution in [3.8, 4) is 0 Å². The van der Waals surface area contributed by atoms with E-state index in [0.717, 1.165) is 11.3 Å². The molecule has 1 aromatic rings. The van der Waals surface area contributed by atoms with Crippen LogP contribution in [0.4, 0.5) is 0 Å². The first-order chi connectivity index (χ1) is 10.8. The van der Waals surface area contributed by atoms with Gasteiger partial charge in [0.1, 0.15) is 4.21 Å². The molecule has 0 aromatic carbocycles. The lowest BCUT2D eigenvalue weighted by Crippen LogP contribution is -2.52. The Bertz CT molecular complexity index is 676. The predicted octanol–water partition coefficient (Wildman–Crippen LogP) is 0.280. The highest BCUT2D eigenvalue weighted by atomic mass is 32.2. The van der Waals surface area contributed by atoms with E-state index < -0.39 is 10.0 Å². The Hall–Kier alpha value is -1.45. The molecule has 2 rings (SSSR count). The standard InChI is InChI=1S/C14H21N3O4S2/c1-3-12-4-5-14(22-12)23(20,21)15-10-13(19)17-8-6-16(7-9-17)11(2)18/h4-5,15H,3,6-10H2,1-2H3. The van der Waals surface area contributed by atoms with Crippen molar-refractivity contribution in [3.63, 3.8) is 0 Å². The smallest absolute Gasteiger partial charge is 0.250 e. The van der Waals surface area contributed by atoms with Crippen LogP contribution in [0.25, 0.3) is 0 Å². The quantitative estimate of drug-likeness (QED) is 0.818. The van der Waals surface area contributed by atoms with Gasteiger partial charge < -0.3 is 9.80 Å². The predicted molar refractivity (Wildman–Crippen MR) is 87.7 cm³/mol. The average molecular weight is 359 g/mol. The minimum absolute atomic E-state index is 0.0118. The molecule has 9 heteroatoms. The number of nitrogens with zero attached hydrogens (tertiary/aromatic N) is 2. The molecule has 23 heavy (non-hydrogen) atoms. The number of carbonyl (C=O) groups is 2. The van der Waals surface area contributed by atoms with Crippen molar-refractivity contribution in [3.05, 3.63) is 17.0 Å². The van der Waals surface area contributed by atoms with Gasteiger partial charge in [-0.2, -0.15) is 0 Å². The molecular weight excluding hydrogens is 338 g/mol. The molecule has 128 valence electrons. The molecule has 2 heterocycles. The molecule has 0 spiro atoms. The van der Waals surface area contributed by atoms with Crippen LogP contribution in [0.5, 0.6) is 0 Å². The Kier molecular flexibility index (Phi) is 5.77. The summed E-state index contributed by atoms with van der Waals surface area (Å²) in [5.41, 5.74) is 0. The molecule has 0 atom stereocenters. The number of amides is 2. The van der Waals surface area contributed by atoms with Gasteiger partial charge in [0, 0.05) is 38.0 Å². The fourth-order valence-corrected chi connectivity index (χ4v) is 4.62. The summed E-state index contributed by atoms with van der Waals surface area (Å²) in [6.45, 7) is 5.02. The van der Waals surface area contributed by atoms with Crippen LogP contribution in [-0.2, 0) is 26.0 Å². The van der Waals surface area contributed by atoms with Gasteiger partial charge in [-0.15, -0.1) is 11.3 Å². The zero-order valence-electron chi connectivity index (χ0n) is 13.2. The van der Waals surface area contributed by atoms with Gasteiger partial charge in [0.25, 0.3) is 10.0 Å². The zero-order valence-corrected chi connectivity index (χ0v) is 14.9. The second kappa shape index (κ2) is 7.41. The summed E-state index contributed by atoms with van der Waals surface area (Å²) in [4.78, 5) is 27.6. The Morgan fingerprint density at radius 2 is 1.78 bits per heavy atom. The fourth-order valence-electron chi connectivity index (χ4n) is 2.30. The van der Waals surface area contributed by atoms with Crippen molar-refractivity contribution in [1.82, 2.24) is 14.5 Å². The maximum atomic E-state index is 12.2. The Balaban J connectivity index is 1.88. The summed E-state index contributed by atoms with van der Waals surface area (Å²) in [6.07, 6.45) is 0.777. The maximum absolute atomic E-state index is 12.2. The number of aryl methyl sites for hydroxylation is 1. The number of carbonyl (C=O) groups excluding carboxylic acids is 2. The second-order valence-corrected chi connectivity index (χ2v) is 8.45. The first kappa shape index (κ1) is 17.9. The van der Waals surface area contributed by atoms with E-state index in [1.807, 2.05) is 6.92 Å². The molecule has 1 aliphatic heterocycles. The number of hydrogen-bond donors (Lipinski definition) is 1. The molecule has 7 nitrogen and oxygen atoms in total. The Morgan fingerprint density at radius 3 is 2.30 bits per heavy atom. The van der Waals surface area contributed by atoms with Crippen LogP contribution in [0.15, 0.2) is 16.3 Å². The molecule has 0 unspecified atom stereocenters. The summed E-state index contributed by atoms with van der Waals surface area (Å²) in [7, 11) is -3.65. The highest BCUT2D eigenvalue weighted by Gasteiger charge is 2.24. The molecule has 1 aliphatic rings. The van der Waals surface area contributed by atoms with Gasteiger partial charge >= 0.3 is 0 Å². The van der Waals surface area contributed by atoms with Crippen molar-refractivity contribution in [2.45, 2.75) is 24.5 Å². The van der Waals surface area contributed by atoms with Crippen molar-refractivity contribution in [2.24, 2.45) is 0 Å². The third-order valence-corrected chi connectivity index (χ3v) is 6.86. The summed E-state index contributed by atoms with van der Waals surface area (Å²) in [5, 5.41) is 0. The maximum Gasteiger partial charge on any atom is 0.250 e. The third-order valence-electron chi connectivity index (χ3n) is 3.74. The molecule has 0 radical (unpaired) electrons. The van der Waals surface area contributed by atoms with Crippen molar-refractivity contribution < 1.29 is 18.0 Å². The van der Waals surface area contributed by atoms with Crippen LogP contribution in [-0.4, -0.2) is 62.8 Å². The third kappa shape index (κ3) is 4.52. The van der Waals surface area contributed by atoms with Crippen LogP contribution in [0, 0.1) is 0 Å². The van der Waals surface area contributed by atoms with E-state index in [-0.39, 0.29) is 22.6 Å². The summed E-state index contributed by atoms with van der Waals surface area (Å²) in [5.74, 6) is -0.286. The van der Waals surface area contributed by atoms with Gasteiger partial charge in [0.05, 0.1) is 6.54 Å². The van der Waals surface area contributed by atoms with Crippen LogP contribution in [0.1, 0.15) is 18.7 Å². The van der Waals surface area contributed by atoms with Crippen LogP contribution >= 0.6 is 11.3 Å². The van der Waals surface area contributed by atoms with E-state index in [4.69, 9.17) is 0 Å². The largest absolute Gasteiger partial charge is 0.339 e. The van der Waals surface area contributed by atoms with Crippen LogP contribution in [0.3, 0.4) is 0 Å². The summed E-state index contributed by atoms with van der Waals surface area (Å²) >= 11 is 1.21. The number of thiophene rings is 1. The van der Waals surface area contributed by atoms with Crippen molar-refractivity contribution >= 4 is 33.2 Å². The first-order valence-corrected chi connectivity index (χ1v) is 9.75. The molecule has 1 aromatic heterocycles. The van der Waals surface area contributed by atoms with E-state index in [1.54, 1.807) is 21.9 Å². The molecular formula is C14H21N3O4S2. The number of rotatable bonds is 5. The van der Waals surface area contributed by atoms with Gasteiger partial charge in [-0.3, -0.25) is 9.59 Å². The minimum atomic E-state index is -3.65. The molecule has 1 N–H and O–H groups in total. The lowest BCUT2D eigenvalue weighted by atomic mass is 10.3. The molecule has 0 bridgehead atoms. The molecule has 0 saturated carbocycles. The van der Waals surface area contributed by atoms with Gasteiger partial charge in [-0.05, 0) is 18.6 Å². The average Bonchev–Trinajstić information content (AvgIpc) is 3.02. The lowest BCUT2D eigenvalue weighted by Gasteiger charge is -2.34. The van der Waals surface area contributed by atoms with E-state index in [1.165, 1.54) is 18.3 Å². The first-order valence-electron chi connectivity index (χ1n) is 7.45. The summed E-state index contributed by atoms with van der Waals surface area (Å²) < 4.78 is 26.9. The van der Waals surface area contributed by atoms with E-state index in [9.17, 15) is 18.0 Å². The Labute approximate surface area is 140 Å². The van der Waals surface area contributed by atoms with Crippen molar-refractivity contribution in [2.75, 3.05) is 32.7 Å². The van der Waals surface area contributed by atoms with Gasteiger partial charge in [0.2, 0.25) is 11.8 Å². The number of sulfonamides is 1.